The highest BCUT2D eigenvalue weighted by Crippen LogP contribution is 2.51. The number of nitrogens with two attached hydrogens (primary N) is 1. The van der Waals surface area contributed by atoms with E-state index in [9.17, 15) is 4.79 Å². The highest BCUT2D eigenvalue weighted by Gasteiger charge is 2.52. The zero-order valence-corrected chi connectivity index (χ0v) is 10.5. The van der Waals surface area contributed by atoms with Gasteiger partial charge in [0, 0.05) is 0 Å². The molecular formula is C12H22N2O2. The van der Waals surface area contributed by atoms with Gasteiger partial charge in [-0.1, -0.05) is 12.8 Å². The highest BCUT2D eigenvalue weighted by molar-refractivity contribution is 5.68. The molecule has 0 atom stereocenters. The van der Waals surface area contributed by atoms with E-state index >= 15 is 0 Å². The number of rotatable bonds is 1. The number of carbonyl (C=O) groups excluding carboxylic acids is 1. The zero-order chi connectivity index (χ0) is 12.0. The Labute approximate surface area is 97.1 Å². The van der Waals surface area contributed by atoms with E-state index in [2.05, 4.69) is 0 Å². The van der Waals surface area contributed by atoms with Gasteiger partial charge in [0.15, 0.2) is 0 Å². The second-order valence-electron chi connectivity index (χ2n) is 6.24. The van der Waals surface area contributed by atoms with E-state index in [4.69, 9.17) is 10.6 Å². The number of fused-ring (bicyclic) bond motifs is 2. The topological polar surface area (TPSA) is 55.6 Å². The van der Waals surface area contributed by atoms with Gasteiger partial charge < -0.3 is 4.74 Å². The molecule has 4 heteroatoms. The molecule has 0 aromatic rings. The Hall–Kier alpha value is -0.770. The summed E-state index contributed by atoms with van der Waals surface area (Å²) in [6, 6.07) is 0. The molecule has 4 nitrogen and oxygen atoms in total. The van der Waals surface area contributed by atoms with E-state index in [-0.39, 0.29) is 11.6 Å². The summed E-state index contributed by atoms with van der Waals surface area (Å²) in [5, 5.41) is 1.36. The normalized spacial score (nSPS) is 32.9. The summed E-state index contributed by atoms with van der Waals surface area (Å²) >= 11 is 0. The summed E-state index contributed by atoms with van der Waals surface area (Å²) in [4.78, 5) is 11.9. The molecule has 0 aromatic carbocycles. The molecule has 1 amide bonds. The van der Waals surface area contributed by atoms with Crippen LogP contribution in [0.4, 0.5) is 4.79 Å². The molecule has 16 heavy (non-hydrogen) atoms. The van der Waals surface area contributed by atoms with Crippen LogP contribution in [0.2, 0.25) is 0 Å². The highest BCUT2D eigenvalue weighted by atomic mass is 16.6. The lowest BCUT2D eigenvalue weighted by Crippen LogP contribution is -2.64. The number of carbonyl (C=O) groups is 1. The van der Waals surface area contributed by atoms with E-state index in [1.165, 1.54) is 17.9 Å². The van der Waals surface area contributed by atoms with E-state index in [1.54, 1.807) is 0 Å². The molecule has 3 rings (SSSR count). The molecule has 3 aliphatic carbocycles. The van der Waals surface area contributed by atoms with Crippen molar-refractivity contribution in [2.75, 3.05) is 0 Å². The van der Waals surface area contributed by atoms with Gasteiger partial charge in [0.25, 0.3) is 0 Å². The van der Waals surface area contributed by atoms with Crippen LogP contribution in [-0.4, -0.2) is 22.2 Å². The summed E-state index contributed by atoms with van der Waals surface area (Å²) in [6.07, 6.45) is 5.24. The first-order valence-corrected chi connectivity index (χ1v) is 6.10. The van der Waals surface area contributed by atoms with Crippen molar-refractivity contribution in [1.29, 1.82) is 0 Å². The molecule has 92 valence electrons. The largest absolute Gasteiger partial charge is 0.443 e. The van der Waals surface area contributed by atoms with Gasteiger partial charge in [-0.05, 0) is 46.0 Å². The predicted molar refractivity (Wildman–Crippen MR) is 61.6 cm³/mol. The van der Waals surface area contributed by atoms with Crippen LogP contribution in [0, 0.1) is 5.92 Å². The lowest BCUT2D eigenvalue weighted by molar-refractivity contribution is -0.0728. The molecule has 3 aliphatic rings. The first kappa shape index (κ1) is 11.7. The second-order valence-corrected chi connectivity index (χ2v) is 6.24. The van der Waals surface area contributed by atoms with Crippen LogP contribution < -0.4 is 5.84 Å². The van der Waals surface area contributed by atoms with Crippen molar-refractivity contribution in [3.8, 4) is 0 Å². The van der Waals surface area contributed by atoms with Crippen molar-refractivity contribution in [2.45, 2.75) is 64.0 Å². The summed E-state index contributed by atoms with van der Waals surface area (Å²) in [5.41, 5.74) is -0.561. The van der Waals surface area contributed by atoms with Crippen LogP contribution in [0.1, 0.15) is 52.9 Å². The maximum absolute atomic E-state index is 11.9. The minimum atomic E-state index is -0.469. The van der Waals surface area contributed by atoms with Crippen molar-refractivity contribution in [3.63, 3.8) is 0 Å². The first-order chi connectivity index (χ1) is 7.32. The molecule has 0 aliphatic heterocycles. The Bertz CT molecular complexity index is 284. The number of hydrazine groups is 1. The van der Waals surface area contributed by atoms with Crippen LogP contribution in [-0.2, 0) is 4.74 Å². The fraction of sp³-hybridized carbons (Fsp3) is 0.917. The van der Waals surface area contributed by atoms with Crippen LogP contribution in [0.25, 0.3) is 0 Å². The number of hydrogen-bond donors (Lipinski definition) is 1. The number of ether oxygens (including phenoxy) is 1. The average molecular weight is 226 g/mol. The lowest BCUT2D eigenvalue weighted by Gasteiger charge is -2.55. The fourth-order valence-electron chi connectivity index (χ4n) is 2.96. The summed E-state index contributed by atoms with van der Waals surface area (Å²) in [6.45, 7) is 5.59. The maximum Gasteiger partial charge on any atom is 0.425 e. The zero-order valence-electron chi connectivity index (χ0n) is 10.5. The van der Waals surface area contributed by atoms with Gasteiger partial charge in [-0.25, -0.2) is 15.6 Å². The quantitative estimate of drug-likeness (QED) is 0.424. The minimum absolute atomic E-state index is 0.0920. The van der Waals surface area contributed by atoms with Crippen molar-refractivity contribution in [3.05, 3.63) is 0 Å². The van der Waals surface area contributed by atoms with Gasteiger partial charge in [-0.2, -0.15) is 0 Å². The molecule has 0 saturated heterocycles. The van der Waals surface area contributed by atoms with Crippen molar-refractivity contribution >= 4 is 6.09 Å². The Morgan fingerprint density at radius 3 is 2.50 bits per heavy atom. The third kappa shape index (κ3) is 2.03. The lowest BCUT2D eigenvalue weighted by atomic mass is 9.59. The van der Waals surface area contributed by atoms with Gasteiger partial charge in [0.05, 0.1) is 5.54 Å². The van der Waals surface area contributed by atoms with E-state index < -0.39 is 5.60 Å². The summed E-state index contributed by atoms with van der Waals surface area (Å²) < 4.78 is 5.30. The summed E-state index contributed by atoms with van der Waals surface area (Å²) in [5.74, 6) is 6.71. The van der Waals surface area contributed by atoms with E-state index in [1.807, 2.05) is 20.8 Å². The molecule has 0 radical (unpaired) electrons. The minimum Gasteiger partial charge on any atom is -0.443 e. The number of amides is 1. The molecule has 3 saturated carbocycles. The second kappa shape index (κ2) is 3.62. The van der Waals surface area contributed by atoms with Gasteiger partial charge in [0.1, 0.15) is 5.60 Å². The third-order valence-corrected chi connectivity index (χ3v) is 3.69. The van der Waals surface area contributed by atoms with Gasteiger partial charge >= 0.3 is 6.09 Å². The van der Waals surface area contributed by atoms with Crippen LogP contribution >= 0.6 is 0 Å². The first-order valence-electron chi connectivity index (χ1n) is 6.10. The summed E-state index contributed by atoms with van der Waals surface area (Å²) in [7, 11) is 0. The maximum atomic E-state index is 11.9. The molecule has 2 N–H and O–H groups in total. The third-order valence-electron chi connectivity index (χ3n) is 3.69. The van der Waals surface area contributed by atoms with Gasteiger partial charge in [-0.3, -0.25) is 0 Å². The number of nitrogens with zero attached hydrogens (tertiary/aromatic N) is 1. The Kier molecular flexibility index (Phi) is 2.65. The predicted octanol–water partition coefficient (Wildman–Crippen LogP) is 2.43. The SMILES string of the molecule is CC(C)(C)OC(=O)N(N)C12CCCC(C1)C2. The Balaban J connectivity index is 1.97. The Morgan fingerprint density at radius 1 is 1.44 bits per heavy atom. The molecule has 0 aromatic heterocycles. The number of hydrogen-bond acceptors (Lipinski definition) is 3. The van der Waals surface area contributed by atoms with Crippen molar-refractivity contribution < 1.29 is 9.53 Å². The van der Waals surface area contributed by atoms with Gasteiger partial charge in [0.2, 0.25) is 0 Å². The van der Waals surface area contributed by atoms with E-state index in [0.29, 0.717) is 0 Å². The molecule has 3 fully saturated rings. The monoisotopic (exact) mass is 226 g/mol. The van der Waals surface area contributed by atoms with Crippen LogP contribution in [0.15, 0.2) is 0 Å². The molecule has 0 spiro atoms. The molecule has 0 heterocycles. The fourth-order valence-corrected chi connectivity index (χ4v) is 2.96. The molecule has 2 bridgehead atoms. The van der Waals surface area contributed by atoms with Crippen LogP contribution in [0.5, 0.6) is 0 Å². The van der Waals surface area contributed by atoms with Gasteiger partial charge in [-0.15, -0.1) is 0 Å². The van der Waals surface area contributed by atoms with Crippen molar-refractivity contribution in [1.82, 2.24) is 5.01 Å². The average Bonchev–Trinajstić information content (AvgIpc) is 2.13. The molecule has 0 unspecified atom stereocenters. The smallest absolute Gasteiger partial charge is 0.425 e. The Morgan fingerprint density at radius 2 is 2.06 bits per heavy atom. The van der Waals surface area contributed by atoms with Crippen LogP contribution in [0.3, 0.4) is 0 Å². The van der Waals surface area contributed by atoms with Crippen molar-refractivity contribution in [2.24, 2.45) is 11.8 Å². The standard InChI is InChI=1S/C12H22N2O2/c1-11(2,3)16-10(15)14(13)12-6-4-5-9(7-12)8-12/h9H,4-8,13H2,1-3H3. The van der Waals surface area contributed by atoms with E-state index in [0.717, 1.165) is 25.2 Å². The molecular weight excluding hydrogens is 204 g/mol.